The van der Waals surface area contributed by atoms with E-state index in [0.29, 0.717) is 10.6 Å². The first-order valence-corrected chi connectivity index (χ1v) is 6.04. The van der Waals surface area contributed by atoms with Gasteiger partial charge in [-0.3, -0.25) is 4.79 Å². The normalized spacial score (nSPS) is 19.9. The molecule has 0 saturated carbocycles. The summed E-state index contributed by atoms with van der Waals surface area (Å²) in [5.74, 6) is -0.194. The molecule has 1 aromatic carbocycles. The Hall–Kier alpha value is -1.26. The first-order chi connectivity index (χ1) is 8.16. The predicted octanol–water partition coefficient (Wildman–Crippen LogP) is 1.53. The smallest absolute Gasteiger partial charge is 0.253 e. The molecule has 92 valence electrons. The third-order valence-corrected chi connectivity index (χ3v) is 3.16. The molecule has 1 atom stereocenters. The van der Waals surface area contributed by atoms with Crippen molar-refractivity contribution in [2.24, 2.45) is 0 Å². The second kappa shape index (κ2) is 5.38. The Labute approximate surface area is 105 Å². The lowest BCUT2D eigenvalue weighted by Gasteiger charge is -2.24. The number of aromatic hydroxyl groups is 1. The van der Waals surface area contributed by atoms with E-state index >= 15 is 0 Å². The summed E-state index contributed by atoms with van der Waals surface area (Å²) in [5.41, 5.74) is 0.317. The Morgan fingerprint density at radius 2 is 2.35 bits per heavy atom. The average Bonchev–Trinajstić information content (AvgIpc) is 2.33. The van der Waals surface area contributed by atoms with Crippen molar-refractivity contribution < 1.29 is 9.90 Å². The lowest BCUT2D eigenvalue weighted by Crippen LogP contribution is -2.45. The topological polar surface area (TPSA) is 61.4 Å². The number of amides is 1. The van der Waals surface area contributed by atoms with Gasteiger partial charge in [0.1, 0.15) is 5.75 Å². The van der Waals surface area contributed by atoms with Crippen LogP contribution in [-0.2, 0) is 0 Å². The van der Waals surface area contributed by atoms with Gasteiger partial charge in [-0.1, -0.05) is 11.6 Å². The van der Waals surface area contributed by atoms with Crippen LogP contribution >= 0.6 is 11.6 Å². The zero-order valence-electron chi connectivity index (χ0n) is 9.37. The Morgan fingerprint density at radius 3 is 3.06 bits per heavy atom. The molecule has 0 bridgehead atoms. The van der Waals surface area contributed by atoms with Crippen LogP contribution in [0.1, 0.15) is 23.2 Å². The molecule has 4 nitrogen and oxygen atoms in total. The van der Waals surface area contributed by atoms with Crippen LogP contribution in [0, 0.1) is 0 Å². The van der Waals surface area contributed by atoms with E-state index in [4.69, 9.17) is 11.6 Å². The molecule has 1 aromatic rings. The fraction of sp³-hybridized carbons (Fsp3) is 0.417. The molecule has 0 unspecified atom stereocenters. The van der Waals surface area contributed by atoms with Crippen molar-refractivity contribution in [3.05, 3.63) is 28.8 Å². The SMILES string of the molecule is O=C(N[C@H]1CCCNC1)c1cc(O)ccc1Cl. The van der Waals surface area contributed by atoms with Gasteiger partial charge >= 0.3 is 0 Å². The lowest BCUT2D eigenvalue weighted by atomic mass is 10.1. The molecule has 5 heteroatoms. The molecule has 17 heavy (non-hydrogen) atoms. The Balaban J connectivity index is 2.05. The molecule has 2 rings (SSSR count). The maximum absolute atomic E-state index is 12.0. The standard InChI is InChI=1S/C12H15ClN2O2/c13-11-4-3-9(16)6-10(11)12(17)15-8-2-1-5-14-7-8/h3-4,6,8,14,16H,1-2,5,7H2,(H,15,17)/t8-/m0/s1. The summed E-state index contributed by atoms with van der Waals surface area (Å²) in [6.45, 7) is 1.78. The fourth-order valence-electron chi connectivity index (χ4n) is 1.93. The lowest BCUT2D eigenvalue weighted by molar-refractivity contribution is 0.0930. The number of carbonyl (C=O) groups is 1. The molecule has 0 spiro atoms. The first kappa shape index (κ1) is 12.2. The van der Waals surface area contributed by atoms with Crippen LogP contribution in [0.4, 0.5) is 0 Å². The van der Waals surface area contributed by atoms with E-state index in [-0.39, 0.29) is 17.7 Å². The van der Waals surface area contributed by atoms with Crippen molar-refractivity contribution in [2.45, 2.75) is 18.9 Å². The second-order valence-corrected chi connectivity index (χ2v) is 4.59. The van der Waals surface area contributed by atoms with Crippen LogP contribution < -0.4 is 10.6 Å². The van der Waals surface area contributed by atoms with Gasteiger partial charge in [0.2, 0.25) is 0 Å². The zero-order valence-corrected chi connectivity index (χ0v) is 10.1. The van der Waals surface area contributed by atoms with Gasteiger partial charge < -0.3 is 15.7 Å². The highest BCUT2D eigenvalue weighted by atomic mass is 35.5. The van der Waals surface area contributed by atoms with E-state index in [0.717, 1.165) is 25.9 Å². The molecule has 0 radical (unpaired) electrons. The third-order valence-electron chi connectivity index (χ3n) is 2.83. The minimum Gasteiger partial charge on any atom is -0.508 e. The molecular formula is C12H15ClN2O2. The summed E-state index contributed by atoms with van der Waals surface area (Å²) < 4.78 is 0. The summed E-state index contributed by atoms with van der Waals surface area (Å²) in [4.78, 5) is 12.0. The minimum absolute atomic E-state index is 0.0429. The number of piperidine rings is 1. The van der Waals surface area contributed by atoms with E-state index in [1.807, 2.05) is 0 Å². The summed E-state index contributed by atoms with van der Waals surface area (Å²) in [6.07, 6.45) is 2.02. The Kier molecular flexibility index (Phi) is 3.86. The number of carbonyl (C=O) groups excluding carboxylic acids is 1. The van der Waals surface area contributed by atoms with Gasteiger partial charge in [0.25, 0.3) is 5.91 Å². The number of rotatable bonds is 2. The number of hydrogen-bond donors (Lipinski definition) is 3. The van der Waals surface area contributed by atoms with Crippen LogP contribution in [-0.4, -0.2) is 30.1 Å². The van der Waals surface area contributed by atoms with Crippen LogP contribution in [0.15, 0.2) is 18.2 Å². The van der Waals surface area contributed by atoms with Gasteiger partial charge in [0.15, 0.2) is 0 Å². The summed E-state index contributed by atoms with van der Waals surface area (Å²) >= 11 is 5.92. The molecule has 1 aliphatic rings. The van der Waals surface area contributed by atoms with Crippen LogP contribution in [0.5, 0.6) is 5.75 Å². The van der Waals surface area contributed by atoms with Crippen molar-refractivity contribution in [2.75, 3.05) is 13.1 Å². The third kappa shape index (κ3) is 3.11. The van der Waals surface area contributed by atoms with Crippen molar-refractivity contribution in [1.82, 2.24) is 10.6 Å². The minimum atomic E-state index is -0.236. The number of benzene rings is 1. The van der Waals surface area contributed by atoms with E-state index in [2.05, 4.69) is 10.6 Å². The maximum Gasteiger partial charge on any atom is 0.253 e. The first-order valence-electron chi connectivity index (χ1n) is 5.67. The van der Waals surface area contributed by atoms with Crippen molar-refractivity contribution in [1.29, 1.82) is 0 Å². The van der Waals surface area contributed by atoms with Gasteiger partial charge in [-0.25, -0.2) is 0 Å². The molecule has 0 aliphatic carbocycles. The molecule has 1 saturated heterocycles. The summed E-state index contributed by atoms with van der Waals surface area (Å²) in [5, 5.41) is 15.8. The summed E-state index contributed by atoms with van der Waals surface area (Å²) in [7, 11) is 0. The highest BCUT2D eigenvalue weighted by molar-refractivity contribution is 6.33. The van der Waals surface area contributed by atoms with Gasteiger partial charge in [0.05, 0.1) is 10.6 Å². The number of phenolic OH excluding ortho intramolecular Hbond substituents is 1. The Bertz CT molecular complexity index is 417. The van der Waals surface area contributed by atoms with Crippen molar-refractivity contribution in [3.8, 4) is 5.75 Å². The molecule has 0 aromatic heterocycles. The van der Waals surface area contributed by atoms with Gasteiger partial charge in [-0.15, -0.1) is 0 Å². The second-order valence-electron chi connectivity index (χ2n) is 4.18. The van der Waals surface area contributed by atoms with Crippen LogP contribution in [0.3, 0.4) is 0 Å². The molecule has 1 fully saturated rings. The van der Waals surface area contributed by atoms with Crippen molar-refractivity contribution >= 4 is 17.5 Å². The van der Waals surface area contributed by atoms with E-state index < -0.39 is 0 Å². The zero-order chi connectivity index (χ0) is 12.3. The van der Waals surface area contributed by atoms with E-state index in [9.17, 15) is 9.90 Å². The number of hydrogen-bond acceptors (Lipinski definition) is 3. The molecule has 1 aliphatic heterocycles. The van der Waals surface area contributed by atoms with Gasteiger partial charge in [0, 0.05) is 12.6 Å². The van der Waals surface area contributed by atoms with Gasteiger partial charge in [-0.05, 0) is 37.6 Å². The fourth-order valence-corrected chi connectivity index (χ4v) is 2.13. The largest absolute Gasteiger partial charge is 0.508 e. The maximum atomic E-state index is 12.0. The van der Waals surface area contributed by atoms with Gasteiger partial charge in [-0.2, -0.15) is 0 Å². The number of halogens is 1. The highest BCUT2D eigenvalue weighted by Gasteiger charge is 2.18. The Morgan fingerprint density at radius 1 is 1.53 bits per heavy atom. The van der Waals surface area contributed by atoms with Crippen molar-refractivity contribution in [3.63, 3.8) is 0 Å². The van der Waals surface area contributed by atoms with E-state index in [1.165, 1.54) is 18.2 Å². The van der Waals surface area contributed by atoms with E-state index in [1.54, 1.807) is 0 Å². The van der Waals surface area contributed by atoms with Crippen LogP contribution in [0.2, 0.25) is 5.02 Å². The molecule has 1 heterocycles. The molecule has 1 amide bonds. The number of nitrogens with one attached hydrogen (secondary N) is 2. The summed E-state index contributed by atoms with van der Waals surface area (Å²) in [6, 6.07) is 4.50. The van der Waals surface area contributed by atoms with Crippen LogP contribution in [0.25, 0.3) is 0 Å². The number of phenols is 1. The quantitative estimate of drug-likeness (QED) is 0.750. The predicted molar refractivity (Wildman–Crippen MR) is 66.5 cm³/mol. The average molecular weight is 255 g/mol. The molecule has 3 N–H and O–H groups in total. The highest BCUT2D eigenvalue weighted by Crippen LogP contribution is 2.21. The monoisotopic (exact) mass is 254 g/mol. The molecular weight excluding hydrogens is 240 g/mol.